The van der Waals surface area contributed by atoms with Crippen molar-refractivity contribution in [1.29, 1.82) is 0 Å². The topological polar surface area (TPSA) is 26.0 Å². The van der Waals surface area contributed by atoms with E-state index in [0.717, 1.165) is 10.2 Å². The first-order valence-electron chi connectivity index (χ1n) is 6.27. The summed E-state index contributed by atoms with van der Waals surface area (Å²) in [6.07, 6.45) is 0. The molecule has 0 aliphatic heterocycles. The average molecular weight is 336 g/mol. The van der Waals surface area contributed by atoms with Gasteiger partial charge in [0.1, 0.15) is 0 Å². The van der Waals surface area contributed by atoms with Gasteiger partial charge in [0, 0.05) is 21.2 Å². The highest BCUT2D eigenvalue weighted by atomic mass is 79.9. The summed E-state index contributed by atoms with van der Waals surface area (Å²) in [5.41, 5.74) is 10.1. The molecule has 0 saturated heterocycles. The van der Waals surface area contributed by atoms with E-state index in [4.69, 9.17) is 5.73 Å². The van der Waals surface area contributed by atoms with Gasteiger partial charge in [0.05, 0.1) is 0 Å². The molecule has 0 bridgehead atoms. The van der Waals surface area contributed by atoms with Gasteiger partial charge in [0.2, 0.25) is 0 Å². The standard InChI is InChI=1S/C16H18BrNS/c1-11-6-7-13(8-12(11)2)16(18)10-19-15-5-3-4-14(17)9-15/h3-9,16H,10,18H2,1-2H3. The van der Waals surface area contributed by atoms with Gasteiger partial charge in [-0.2, -0.15) is 0 Å². The minimum atomic E-state index is 0.0725. The summed E-state index contributed by atoms with van der Waals surface area (Å²) in [6, 6.07) is 14.9. The number of hydrogen-bond acceptors (Lipinski definition) is 2. The highest BCUT2D eigenvalue weighted by molar-refractivity contribution is 9.10. The molecule has 3 heteroatoms. The van der Waals surface area contributed by atoms with Crippen LogP contribution >= 0.6 is 27.7 Å². The zero-order chi connectivity index (χ0) is 13.8. The van der Waals surface area contributed by atoms with E-state index >= 15 is 0 Å². The molecule has 1 unspecified atom stereocenters. The molecule has 0 heterocycles. The highest BCUT2D eigenvalue weighted by Crippen LogP contribution is 2.26. The lowest BCUT2D eigenvalue weighted by Crippen LogP contribution is -2.13. The molecular weight excluding hydrogens is 318 g/mol. The molecule has 0 aliphatic carbocycles. The zero-order valence-electron chi connectivity index (χ0n) is 11.2. The van der Waals surface area contributed by atoms with Gasteiger partial charge in [-0.25, -0.2) is 0 Å². The largest absolute Gasteiger partial charge is 0.323 e. The van der Waals surface area contributed by atoms with E-state index in [1.165, 1.54) is 21.6 Å². The van der Waals surface area contributed by atoms with Crippen molar-refractivity contribution < 1.29 is 0 Å². The summed E-state index contributed by atoms with van der Waals surface area (Å²) in [5, 5.41) is 0. The summed E-state index contributed by atoms with van der Waals surface area (Å²) in [4.78, 5) is 1.24. The van der Waals surface area contributed by atoms with E-state index < -0.39 is 0 Å². The molecule has 0 aromatic heterocycles. The lowest BCUT2D eigenvalue weighted by molar-refractivity contribution is 0.829. The third kappa shape index (κ3) is 4.10. The number of benzene rings is 2. The molecule has 0 aliphatic rings. The summed E-state index contributed by atoms with van der Waals surface area (Å²) >= 11 is 5.28. The monoisotopic (exact) mass is 335 g/mol. The fourth-order valence-electron chi connectivity index (χ4n) is 1.83. The van der Waals surface area contributed by atoms with Crippen molar-refractivity contribution in [3.63, 3.8) is 0 Å². The number of thioether (sulfide) groups is 1. The van der Waals surface area contributed by atoms with Crippen molar-refractivity contribution in [3.05, 3.63) is 63.6 Å². The fourth-order valence-corrected chi connectivity index (χ4v) is 3.33. The van der Waals surface area contributed by atoms with Gasteiger partial charge in [-0.05, 0) is 48.7 Å². The van der Waals surface area contributed by atoms with Crippen LogP contribution in [-0.4, -0.2) is 5.75 Å². The van der Waals surface area contributed by atoms with Crippen LogP contribution < -0.4 is 5.73 Å². The van der Waals surface area contributed by atoms with E-state index in [2.05, 4.69) is 60.1 Å². The molecule has 0 saturated carbocycles. The van der Waals surface area contributed by atoms with Crippen LogP contribution in [0.4, 0.5) is 0 Å². The van der Waals surface area contributed by atoms with E-state index in [1.54, 1.807) is 11.8 Å². The molecule has 100 valence electrons. The van der Waals surface area contributed by atoms with Gasteiger partial charge >= 0.3 is 0 Å². The zero-order valence-corrected chi connectivity index (χ0v) is 13.6. The number of aryl methyl sites for hydroxylation is 2. The molecule has 2 aromatic carbocycles. The van der Waals surface area contributed by atoms with Crippen molar-refractivity contribution in [2.24, 2.45) is 5.73 Å². The molecular formula is C16H18BrNS. The minimum absolute atomic E-state index is 0.0725. The average Bonchev–Trinajstić information content (AvgIpc) is 2.39. The van der Waals surface area contributed by atoms with Crippen LogP contribution in [0.2, 0.25) is 0 Å². The molecule has 2 N–H and O–H groups in total. The molecule has 0 amide bonds. The predicted molar refractivity (Wildman–Crippen MR) is 87.7 cm³/mol. The number of rotatable bonds is 4. The third-order valence-corrected chi connectivity index (χ3v) is 4.79. The Kier molecular flexibility index (Phi) is 5.08. The maximum absolute atomic E-state index is 6.27. The van der Waals surface area contributed by atoms with Crippen LogP contribution in [0.15, 0.2) is 51.8 Å². The second-order valence-corrected chi connectivity index (χ2v) is 6.73. The van der Waals surface area contributed by atoms with E-state index in [9.17, 15) is 0 Å². The normalized spacial score (nSPS) is 12.4. The molecule has 1 atom stereocenters. The Labute approximate surface area is 127 Å². The Morgan fingerprint density at radius 3 is 2.58 bits per heavy atom. The third-order valence-electron chi connectivity index (χ3n) is 3.18. The lowest BCUT2D eigenvalue weighted by Gasteiger charge is -2.13. The predicted octanol–water partition coefficient (Wildman–Crippen LogP) is 4.86. The number of halogens is 1. The maximum atomic E-state index is 6.27. The molecule has 2 aromatic rings. The van der Waals surface area contributed by atoms with Crippen molar-refractivity contribution >= 4 is 27.7 Å². The van der Waals surface area contributed by atoms with Crippen molar-refractivity contribution in [3.8, 4) is 0 Å². The summed E-state index contributed by atoms with van der Waals surface area (Å²) < 4.78 is 1.11. The van der Waals surface area contributed by atoms with E-state index in [-0.39, 0.29) is 6.04 Å². The van der Waals surface area contributed by atoms with Crippen molar-refractivity contribution in [1.82, 2.24) is 0 Å². The van der Waals surface area contributed by atoms with Gasteiger partial charge in [-0.1, -0.05) is 40.2 Å². The van der Waals surface area contributed by atoms with Crippen LogP contribution in [0, 0.1) is 13.8 Å². The van der Waals surface area contributed by atoms with Crippen LogP contribution in [-0.2, 0) is 0 Å². The lowest BCUT2D eigenvalue weighted by atomic mass is 10.0. The Balaban J connectivity index is 2.01. The molecule has 1 nitrogen and oxygen atoms in total. The molecule has 0 radical (unpaired) electrons. The van der Waals surface area contributed by atoms with Crippen LogP contribution in [0.5, 0.6) is 0 Å². The second kappa shape index (κ2) is 6.60. The SMILES string of the molecule is Cc1ccc(C(N)CSc2cccc(Br)c2)cc1C. The first kappa shape index (κ1) is 14.6. The first-order chi connectivity index (χ1) is 9.06. The van der Waals surface area contributed by atoms with Gasteiger partial charge in [-0.3, -0.25) is 0 Å². The van der Waals surface area contributed by atoms with Crippen LogP contribution in [0.3, 0.4) is 0 Å². The molecule has 19 heavy (non-hydrogen) atoms. The Morgan fingerprint density at radius 2 is 1.89 bits per heavy atom. The highest BCUT2D eigenvalue weighted by Gasteiger charge is 2.08. The Bertz CT molecular complexity index is 568. The van der Waals surface area contributed by atoms with Crippen molar-refractivity contribution in [2.45, 2.75) is 24.8 Å². The van der Waals surface area contributed by atoms with Crippen LogP contribution in [0.25, 0.3) is 0 Å². The van der Waals surface area contributed by atoms with Gasteiger partial charge in [0.25, 0.3) is 0 Å². The van der Waals surface area contributed by atoms with Gasteiger partial charge < -0.3 is 5.73 Å². The van der Waals surface area contributed by atoms with Gasteiger partial charge in [-0.15, -0.1) is 11.8 Å². The van der Waals surface area contributed by atoms with E-state index in [0.29, 0.717) is 0 Å². The summed E-state index contributed by atoms with van der Waals surface area (Å²) in [7, 11) is 0. The molecule has 2 rings (SSSR count). The second-order valence-electron chi connectivity index (χ2n) is 4.72. The number of nitrogens with two attached hydrogens (primary N) is 1. The summed E-state index contributed by atoms with van der Waals surface area (Å²) in [5.74, 6) is 0.888. The minimum Gasteiger partial charge on any atom is -0.323 e. The van der Waals surface area contributed by atoms with E-state index in [1.807, 2.05) is 12.1 Å². The van der Waals surface area contributed by atoms with Crippen molar-refractivity contribution in [2.75, 3.05) is 5.75 Å². The number of hydrogen-bond donors (Lipinski definition) is 1. The Hall–Kier alpha value is -0.770. The molecule has 0 spiro atoms. The maximum Gasteiger partial charge on any atom is 0.0390 e. The first-order valence-corrected chi connectivity index (χ1v) is 8.05. The van der Waals surface area contributed by atoms with Crippen LogP contribution in [0.1, 0.15) is 22.7 Å². The quantitative estimate of drug-likeness (QED) is 0.807. The Morgan fingerprint density at radius 1 is 1.11 bits per heavy atom. The fraction of sp³-hybridized carbons (Fsp3) is 0.250. The molecule has 0 fully saturated rings. The smallest absolute Gasteiger partial charge is 0.0390 e. The van der Waals surface area contributed by atoms with Gasteiger partial charge in [0.15, 0.2) is 0 Å². The summed E-state index contributed by atoms with van der Waals surface area (Å²) in [6.45, 7) is 4.26.